The van der Waals surface area contributed by atoms with E-state index in [9.17, 15) is 0 Å². The van der Waals surface area contributed by atoms with Crippen LogP contribution < -0.4 is 10.4 Å². The van der Waals surface area contributed by atoms with E-state index in [-0.39, 0.29) is 10.8 Å². The normalized spacial score (nSPS) is 15.4. The van der Waals surface area contributed by atoms with E-state index in [4.69, 9.17) is 8.75 Å². The molecule has 0 bridgehead atoms. The number of aromatic nitrogens is 2. The molecule has 3 aromatic heterocycles. The highest BCUT2D eigenvalue weighted by molar-refractivity contribution is 7.30. The van der Waals surface area contributed by atoms with Gasteiger partial charge in [0.15, 0.2) is 0 Å². The van der Waals surface area contributed by atoms with Crippen molar-refractivity contribution in [3.05, 3.63) is 46.9 Å². The summed E-state index contributed by atoms with van der Waals surface area (Å²) < 4.78 is 9.56. The van der Waals surface area contributed by atoms with Crippen LogP contribution in [0.3, 0.4) is 0 Å². The van der Waals surface area contributed by atoms with Crippen molar-refractivity contribution in [1.29, 1.82) is 0 Å². The van der Waals surface area contributed by atoms with Crippen molar-refractivity contribution >= 4 is 63.9 Å². The Morgan fingerprint density at radius 1 is 0.941 bits per heavy atom. The number of thiophene rings is 2. The third-order valence-corrected chi connectivity index (χ3v) is 14.7. The monoisotopic (exact) mass is 522 g/mol. The lowest BCUT2D eigenvalue weighted by atomic mass is 9.79. The van der Waals surface area contributed by atoms with Gasteiger partial charge in [0.05, 0.1) is 11.7 Å². The lowest BCUT2D eigenvalue weighted by Crippen LogP contribution is -2.48. The zero-order valence-electron chi connectivity index (χ0n) is 21.5. The largest absolute Gasteiger partial charge is 0.173 e. The van der Waals surface area contributed by atoms with Gasteiger partial charge in [-0.3, -0.25) is 0 Å². The molecule has 0 amide bonds. The van der Waals surface area contributed by atoms with Crippen LogP contribution in [-0.4, -0.2) is 16.8 Å². The first-order valence-corrected chi connectivity index (χ1v) is 17.6. The molecule has 4 heterocycles. The van der Waals surface area contributed by atoms with Gasteiger partial charge in [-0.2, -0.15) is 8.75 Å². The van der Waals surface area contributed by atoms with Crippen molar-refractivity contribution in [3.8, 4) is 20.2 Å². The number of nitrogens with zero attached hydrogens (tertiary/aromatic N) is 2. The number of hydrogen-bond donors (Lipinski definition) is 0. The molecule has 2 nitrogen and oxygen atoms in total. The van der Waals surface area contributed by atoms with Gasteiger partial charge in [0, 0.05) is 30.5 Å². The Labute approximate surface area is 217 Å². The molecule has 5 rings (SSSR count). The highest BCUT2D eigenvalue weighted by Crippen LogP contribution is 2.46. The molecule has 4 aromatic rings. The number of allylic oxidation sites excluding steroid dienone is 2. The molecule has 1 aliphatic heterocycles. The van der Waals surface area contributed by atoms with Crippen molar-refractivity contribution in [1.82, 2.24) is 8.75 Å². The minimum atomic E-state index is -1.71. The minimum absolute atomic E-state index is 0.0774. The van der Waals surface area contributed by atoms with Gasteiger partial charge in [0.25, 0.3) is 0 Å². The van der Waals surface area contributed by atoms with E-state index >= 15 is 0 Å². The fourth-order valence-electron chi connectivity index (χ4n) is 5.51. The predicted octanol–water partition coefficient (Wildman–Crippen LogP) is 8.22. The number of benzene rings is 1. The summed E-state index contributed by atoms with van der Waals surface area (Å²) in [4.78, 5) is 5.84. The van der Waals surface area contributed by atoms with Gasteiger partial charge >= 0.3 is 0 Å². The van der Waals surface area contributed by atoms with Gasteiger partial charge in [0.1, 0.15) is 19.1 Å². The van der Waals surface area contributed by atoms with Crippen LogP contribution in [0.4, 0.5) is 0 Å². The molecule has 6 heteroatoms. The van der Waals surface area contributed by atoms with Gasteiger partial charge < -0.3 is 0 Å². The Hall–Kier alpha value is -1.60. The van der Waals surface area contributed by atoms with E-state index in [1.54, 1.807) is 10.4 Å². The number of fused-ring (bicyclic) bond motifs is 4. The molecule has 0 atom stereocenters. The van der Waals surface area contributed by atoms with E-state index in [0.29, 0.717) is 0 Å². The van der Waals surface area contributed by atoms with Crippen LogP contribution in [0.2, 0.25) is 13.1 Å². The summed E-state index contributed by atoms with van der Waals surface area (Å²) in [7, 11) is -1.71. The van der Waals surface area contributed by atoms with Gasteiger partial charge in [-0.15, -0.1) is 22.7 Å². The van der Waals surface area contributed by atoms with Crippen LogP contribution in [0.15, 0.2) is 36.4 Å². The number of hydrogen-bond acceptors (Lipinski definition) is 5. The standard InChI is InChI=1S/C28H34N2S3Si/c1-9-13-27(3,4)18-12-11-17(23-24(18)30-33-29-23)19-15-20-25(31-19)26-21(34(20,7)8)16-22(32-26)28(5,6)14-10-2/h10-12,14-16H,9,13H2,1-8H3/b14-10-. The summed E-state index contributed by atoms with van der Waals surface area (Å²) in [6, 6.07) is 9.63. The summed E-state index contributed by atoms with van der Waals surface area (Å²) in [6.07, 6.45) is 6.83. The first-order valence-electron chi connectivity index (χ1n) is 12.2. The summed E-state index contributed by atoms with van der Waals surface area (Å²) in [5.41, 5.74) is 4.93. The molecule has 0 radical (unpaired) electrons. The average Bonchev–Trinajstić information content (AvgIpc) is 3.51. The molecule has 0 saturated carbocycles. The Kier molecular flexibility index (Phi) is 5.83. The quantitative estimate of drug-likeness (QED) is 0.188. The topological polar surface area (TPSA) is 25.8 Å². The van der Waals surface area contributed by atoms with Crippen LogP contribution in [0.5, 0.6) is 0 Å². The van der Waals surface area contributed by atoms with Crippen LogP contribution >= 0.6 is 34.4 Å². The SMILES string of the molecule is C/C=C\C(C)(C)c1cc2c(s1)-c1sc(-c3ccc(C(C)(C)CCC)c4nsnc34)cc1[Si]2(C)C. The Morgan fingerprint density at radius 3 is 2.32 bits per heavy atom. The summed E-state index contributed by atoms with van der Waals surface area (Å²) >= 11 is 5.32. The second-order valence-electron chi connectivity index (χ2n) is 11.3. The third kappa shape index (κ3) is 3.60. The van der Waals surface area contributed by atoms with E-state index in [1.807, 2.05) is 22.7 Å². The molecule has 0 unspecified atom stereocenters. The van der Waals surface area contributed by atoms with E-state index in [2.05, 4.69) is 91.1 Å². The lowest BCUT2D eigenvalue weighted by Gasteiger charge is -2.25. The summed E-state index contributed by atoms with van der Waals surface area (Å²) in [6.45, 7) is 18.7. The third-order valence-electron chi connectivity index (χ3n) is 7.52. The fourth-order valence-corrected chi connectivity index (χ4v) is 13.4. The van der Waals surface area contributed by atoms with Crippen LogP contribution in [-0.2, 0) is 10.8 Å². The first kappa shape index (κ1) is 24.1. The molecule has 178 valence electrons. The van der Waals surface area contributed by atoms with Crippen molar-refractivity contribution in [2.24, 2.45) is 0 Å². The van der Waals surface area contributed by atoms with Crippen LogP contribution in [0.25, 0.3) is 31.2 Å². The molecule has 0 fully saturated rings. The molecule has 0 saturated heterocycles. The summed E-state index contributed by atoms with van der Waals surface area (Å²) in [5, 5.41) is 3.21. The molecule has 1 aliphatic rings. The Bertz CT molecular complexity index is 1410. The first-order chi connectivity index (χ1) is 16.0. The smallest absolute Gasteiger partial charge is 0.116 e. The molecular formula is C28H34N2S3Si. The Morgan fingerprint density at radius 2 is 1.62 bits per heavy atom. The minimum Gasteiger partial charge on any atom is -0.173 e. The predicted molar refractivity (Wildman–Crippen MR) is 157 cm³/mol. The molecule has 0 N–H and O–H groups in total. The van der Waals surface area contributed by atoms with Crippen molar-refractivity contribution in [2.45, 2.75) is 78.3 Å². The van der Waals surface area contributed by atoms with E-state index < -0.39 is 8.07 Å². The molecule has 1 aromatic carbocycles. The van der Waals surface area contributed by atoms with Gasteiger partial charge in [-0.05, 0) is 46.8 Å². The lowest BCUT2D eigenvalue weighted by molar-refractivity contribution is 0.476. The maximum absolute atomic E-state index is 4.79. The highest BCUT2D eigenvalue weighted by Gasteiger charge is 2.42. The van der Waals surface area contributed by atoms with Crippen molar-refractivity contribution in [2.75, 3.05) is 0 Å². The van der Waals surface area contributed by atoms with Crippen molar-refractivity contribution in [3.63, 3.8) is 0 Å². The molecular weight excluding hydrogens is 489 g/mol. The zero-order chi connectivity index (χ0) is 24.5. The molecule has 0 aliphatic carbocycles. The molecule has 0 spiro atoms. The van der Waals surface area contributed by atoms with E-state index in [1.165, 1.54) is 48.8 Å². The second kappa shape index (κ2) is 8.22. The summed E-state index contributed by atoms with van der Waals surface area (Å²) in [5.74, 6) is 0. The van der Waals surface area contributed by atoms with Gasteiger partial charge in [-0.1, -0.05) is 78.4 Å². The van der Waals surface area contributed by atoms with Gasteiger partial charge in [0.2, 0.25) is 0 Å². The van der Waals surface area contributed by atoms with Gasteiger partial charge in [-0.25, -0.2) is 0 Å². The maximum atomic E-state index is 4.79. The van der Waals surface area contributed by atoms with E-state index in [0.717, 1.165) is 17.5 Å². The van der Waals surface area contributed by atoms with Crippen molar-refractivity contribution < 1.29 is 0 Å². The maximum Gasteiger partial charge on any atom is 0.116 e. The fraction of sp³-hybridized carbons (Fsp3) is 0.429. The number of rotatable bonds is 6. The van der Waals surface area contributed by atoms with Crippen LogP contribution in [0, 0.1) is 0 Å². The Balaban J connectivity index is 1.63. The second-order valence-corrected chi connectivity index (χ2v) is 18.3. The molecule has 34 heavy (non-hydrogen) atoms. The highest BCUT2D eigenvalue weighted by atomic mass is 32.1. The van der Waals surface area contributed by atoms with Crippen LogP contribution in [0.1, 0.15) is 64.8 Å². The zero-order valence-corrected chi connectivity index (χ0v) is 24.9. The average molecular weight is 523 g/mol.